The summed E-state index contributed by atoms with van der Waals surface area (Å²) in [5, 5.41) is 13.5. The Kier molecular flexibility index (Phi) is 7.76. The number of fused-ring (bicyclic) bond motifs is 1. The van der Waals surface area contributed by atoms with Gasteiger partial charge in [-0.1, -0.05) is 37.0 Å². The van der Waals surface area contributed by atoms with Crippen molar-refractivity contribution in [3.05, 3.63) is 58.5 Å². The number of rotatable bonds is 6. The number of alkyl halides is 2. The van der Waals surface area contributed by atoms with Gasteiger partial charge < -0.3 is 15.1 Å². The SMILES string of the molecule is CCCC#Cc1cc2c(C)nnc(NCc3cccc(C(F)F)c3F)c2cc1N1CCN(C)CC1. The van der Waals surface area contributed by atoms with E-state index in [4.69, 9.17) is 0 Å². The molecular formula is C27H30F3N5. The Morgan fingerprint density at radius 3 is 2.57 bits per heavy atom. The van der Waals surface area contributed by atoms with Gasteiger partial charge in [-0.25, -0.2) is 13.2 Å². The Balaban J connectivity index is 1.74. The molecule has 1 aromatic heterocycles. The Morgan fingerprint density at radius 2 is 1.86 bits per heavy atom. The van der Waals surface area contributed by atoms with Gasteiger partial charge in [0, 0.05) is 61.0 Å². The topological polar surface area (TPSA) is 44.3 Å². The molecule has 1 fully saturated rings. The molecule has 0 spiro atoms. The molecule has 1 aliphatic heterocycles. The van der Waals surface area contributed by atoms with Crippen LogP contribution in [-0.2, 0) is 6.54 Å². The van der Waals surface area contributed by atoms with E-state index in [-0.39, 0.29) is 12.1 Å². The van der Waals surface area contributed by atoms with E-state index in [1.807, 2.05) is 6.92 Å². The Bertz CT molecular complexity index is 1260. The van der Waals surface area contributed by atoms with Crippen LogP contribution in [0.15, 0.2) is 30.3 Å². The number of nitrogens with one attached hydrogen (secondary N) is 1. The van der Waals surface area contributed by atoms with E-state index >= 15 is 0 Å². The fourth-order valence-electron chi connectivity index (χ4n) is 4.22. The number of halogens is 3. The lowest BCUT2D eigenvalue weighted by molar-refractivity contribution is 0.146. The highest BCUT2D eigenvalue weighted by Crippen LogP contribution is 2.32. The highest BCUT2D eigenvalue weighted by molar-refractivity contribution is 5.97. The van der Waals surface area contributed by atoms with Crippen molar-refractivity contribution in [2.45, 2.75) is 39.7 Å². The van der Waals surface area contributed by atoms with Crippen LogP contribution in [0.4, 0.5) is 24.7 Å². The first-order chi connectivity index (χ1) is 16.9. The molecule has 35 heavy (non-hydrogen) atoms. The van der Waals surface area contributed by atoms with Crippen LogP contribution in [0.2, 0.25) is 0 Å². The van der Waals surface area contributed by atoms with Crippen molar-refractivity contribution < 1.29 is 13.2 Å². The molecule has 5 nitrogen and oxygen atoms in total. The number of aryl methyl sites for hydroxylation is 1. The number of nitrogens with zero attached hydrogens (tertiary/aromatic N) is 4. The van der Waals surface area contributed by atoms with Gasteiger partial charge in [-0.15, -0.1) is 5.10 Å². The number of unbranched alkanes of at least 4 members (excludes halogenated alkanes) is 1. The number of hydrogen-bond donors (Lipinski definition) is 1. The molecule has 1 saturated heterocycles. The van der Waals surface area contributed by atoms with Crippen molar-refractivity contribution in [3.63, 3.8) is 0 Å². The van der Waals surface area contributed by atoms with Crippen molar-refractivity contribution in [2.24, 2.45) is 0 Å². The first-order valence-corrected chi connectivity index (χ1v) is 11.9. The molecule has 1 N–H and O–H groups in total. The van der Waals surface area contributed by atoms with Crippen LogP contribution in [0.1, 0.15) is 48.6 Å². The quantitative estimate of drug-likeness (QED) is 0.469. The van der Waals surface area contributed by atoms with E-state index in [2.05, 4.69) is 63.3 Å². The third kappa shape index (κ3) is 5.51. The molecule has 0 saturated carbocycles. The minimum Gasteiger partial charge on any atom is -0.368 e. The van der Waals surface area contributed by atoms with Crippen LogP contribution in [0.5, 0.6) is 0 Å². The number of anilines is 2. The molecule has 0 amide bonds. The normalized spacial score (nSPS) is 14.3. The highest BCUT2D eigenvalue weighted by atomic mass is 19.3. The zero-order valence-corrected chi connectivity index (χ0v) is 20.3. The summed E-state index contributed by atoms with van der Waals surface area (Å²) in [7, 11) is 2.11. The minimum absolute atomic E-state index is 0.0150. The Labute approximate surface area is 204 Å². The fraction of sp³-hybridized carbons (Fsp3) is 0.407. The number of piperazine rings is 1. The summed E-state index contributed by atoms with van der Waals surface area (Å²) < 4.78 is 40.8. The van der Waals surface area contributed by atoms with Gasteiger partial charge in [0.2, 0.25) is 0 Å². The predicted octanol–water partition coefficient (Wildman–Crippen LogP) is 5.53. The molecule has 0 bridgehead atoms. The van der Waals surface area contributed by atoms with Gasteiger partial charge in [-0.3, -0.25) is 0 Å². The van der Waals surface area contributed by atoms with E-state index in [0.717, 1.165) is 72.8 Å². The maximum Gasteiger partial charge on any atom is 0.266 e. The summed E-state index contributed by atoms with van der Waals surface area (Å²) in [5.41, 5.74) is 2.31. The van der Waals surface area contributed by atoms with Gasteiger partial charge >= 0.3 is 0 Å². The summed E-state index contributed by atoms with van der Waals surface area (Å²) in [6, 6.07) is 8.17. The molecule has 2 aromatic carbocycles. The summed E-state index contributed by atoms with van der Waals surface area (Å²) in [4.78, 5) is 4.63. The molecule has 0 aliphatic carbocycles. The molecule has 1 aliphatic rings. The lowest BCUT2D eigenvalue weighted by Gasteiger charge is -2.35. The van der Waals surface area contributed by atoms with Crippen LogP contribution < -0.4 is 10.2 Å². The average Bonchev–Trinajstić information content (AvgIpc) is 2.85. The van der Waals surface area contributed by atoms with Gasteiger partial charge in [0.1, 0.15) is 5.82 Å². The third-order valence-electron chi connectivity index (χ3n) is 6.31. The van der Waals surface area contributed by atoms with Crippen molar-refractivity contribution in [2.75, 3.05) is 43.4 Å². The molecule has 8 heteroatoms. The lowest BCUT2D eigenvalue weighted by atomic mass is 10.0. The van der Waals surface area contributed by atoms with Crippen LogP contribution in [0, 0.1) is 24.6 Å². The largest absolute Gasteiger partial charge is 0.368 e. The second-order valence-corrected chi connectivity index (χ2v) is 8.87. The Morgan fingerprint density at radius 1 is 1.09 bits per heavy atom. The van der Waals surface area contributed by atoms with Gasteiger partial charge in [-0.05, 0) is 32.5 Å². The average molecular weight is 482 g/mol. The summed E-state index contributed by atoms with van der Waals surface area (Å²) in [6.45, 7) is 7.70. The zero-order chi connectivity index (χ0) is 24.9. The molecule has 0 unspecified atom stereocenters. The van der Waals surface area contributed by atoms with E-state index in [9.17, 15) is 13.2 Å². The van der Waals surface area contributed by atoms with Gasteiger partial charge in [-0.2, -0.15) is 5.10 Å². The maximum atomic E-state index is 14.6. The highest BCUT2D eigenvalue weighted by Gasteiger charge is 2.20. The number of likely N-dealkylation sites (N-methyl/N-ethyl adjacent to an activating group) is 1. The van der Waals surface area contributed by atoms with Gasteiger partial charge in [0.05, 0.1) is 16.9 Å². The van der Waals surface area contributed by atoms with Crippen molar-refractivity contribution in [1.29, 1.82) is 0 Å². The third-order valence-corrected chi connectivity index (χ3v) is 6.31. The second kappa shape index (κ2) is 11.0. The first-order valence-electron chi connectivity index (χ1n) is 11.9. The number of hydrogen-bond acceptors (Lipinski definition) is 5. The summed E-state index contributed by atoms with van der Waals surface area (Å²) >= 11 is 0. The number of aromatic nitrogens is 2. The molecule has 4 rings (SSSR count). The minimum atomic E-state index is -2.87. The molecule has 0 atom stereocenters. The smallest absolute Gasteiger partial charge is 0.266 e. The van der Waals surface area contributed by atoms with Crippen LogP contribution in [-0.4, -0.2) is 48.3 Å². The molecular weight excluding hydrogens is 451 g/mol. The summed E-state index contributed by atoms with van der Waals surface area (Å²) in [5.74, 6) is 6.20. The molecule has 0 radical (unpaired) electrons. The standard InChI is InChI=1S/C27H30F3N5/c1-4-5-6-8-19-15-22-18(2)32-33-27(23(22)16-24(19)35-13-11-34(3)12-14-35)31-17-20-9-7-10-21(25(20)28)26(29)30/h7,9-10,15-16,26H,4-5,11-14,17H2,1-3H3,(H,31,33). The maximum absolute atomic E-state index is 14.6. The predicted molar refractivity (Wildman–Crippen MR) is 134 cm³/mol. The van der Waals surface area contributed by atoms with Crippen molar-refractivity contribution >= 4 is 22.3 Å². The second-order valence-electron chi connectivity index (χ2n) is 8.87. The Hall–Kier alpha value is -3.31. The number of benzene rings is 2. The molecule has 184 valence electrons. The van der Waals surface area contributed by atoms with Crippen molar-refractivity contribution in [1.82, 2.24) is 15.1 Å². The van der Waals surface area contributed by atoms with Crippen LogP contribution in [0.25, 0.3) is 10.8 Å². The molecule has 2 heterocycles. The van der Waals surface area contributed by atoms with E-state index in [1.165, 1.54) is 12.1 Å². The zero-order valence-electron chi connectivity index (χ0n) is 20.3. The fourth-order valence-corrected chi connectivity index (χ4v) is 4.22. The van der Waals surface area contributed by atoms with E-state index in [1.54, 1.807) is 0 Å². The summed E-state index contributed by atoms with van der Waals surface area (Å²) in [6.07, 6.45) is -1.05. The monoisotopic (exact) mass is 481 g/mol. The lowest BCUT2D eigenvalue weighted by Crippen LogP contribution is -2.44. The first kappa shape index (κ1) is 24.8. The molecule has 3 aromatic rings. The van der Waals surface area contributed by atoms with Gasteiger partial charge in [0.25, 0.3) is 6.43 Å². The van der Waals surface area contributed by atoms with E-state index < -0.39 is 17.8 Å². The van der Waals surface area contributed by atoms with Gasteiger partial charge in [0.15, 0.2) is 5.82 Å². The van der Waals surface area contributed by atoms with Crippen LogP contribution >= 0.6 is 0 Å². The van der Waals surface area contributed by atoms with Crippen LogP contribution in [0.3, 0.4) is 0 Å². The van der Waals surface area contributed by atoms with E-state index in [0.29, 0.717) is 5.82 Å². The van der Waals surface area contributed by atoms with Crippen molar-refractivity contribution in [3.8, 4) is 11.8 Å².